The van der Waals surface area contributed by atoms with E-state index in [0.717, 1.165) is 0 Å². The Labute approximate surface area is 108 Å². The van der Waals surface area contributed by atoms with E-state index in [-0.39, 0.29) is 5.69 Å². The lowest BCUT2D eigenvalue weighted by atomic mass is 10.2. The molecular formula is C11H11N3O3S. The van der Waals surface area contributed by atoms with Crippen molar-refractivity contribution in [1.82, 2.24) is 9.97 Å². The molecule has 1 aromatic carbocycles. The minimum Gasteiger partial charge on any atom is -0.477 e. The number of ether oxygens (including phenoxy) is 1. The Morgan fingerprint density at radius 3 is 2.83 bits per heavy atom. The zero-order valence-corrected chi connectivity index (χ0v) is 10.7. The molecule has 1 aromatic heterocycles. The molecule has 18 heavy (non-hydrogen) atoms. The second-order valence-electron chi connectivity index (χ2n) is 3.41. The van der Waals surface area contributed by atoms with E-state index in [0.29, 0.717) is 28.5 Å². The number of non-ortho nitro benzene ring substituents is 1. The quantitative estimate of drug-likeness (QED) is 0.366. The van der Waals surface area contributed by atoms with Gasteiger partial charge in [0.25, 0.3) is 5.69 Å². The summed E-state index contributed by atoms with van der Waals surface area (Å²) in [5, 5.41) is 11.9. The summed E-state index contributed by atoms with van der Waals surface area (Å²) in [7, 11) is 0. The summed E-state index contributed by atoms with van der Waals surface area (Å²) >= 11 is 1.37. The first-order valence-electron chi connectivity index (χ1n) is 5.28. The monoisotopic (exact) mass is 265 g/mol. The molecule has 0 amide bonds. The van der Waals surface area contributed by atoms with Crippen molar-refractivity contribution in [2.24, 2.45) is 0 Å². The summed E-state index contributed by atoms with van der Waals surface area (Å²) in [5.41, 5.74) is 0.530. The molecule has 0 radical (unpaired) electrons. The predicted molar refractivity (Wildman–Crippen MR) is 69.1 cm³/mol. The lowest BCUT2D eigenvalue weighted by molar-refractivity contribution is -0.384. The van der Waals surface area contributed by atoms with E-state index in [9.17, 15) is 10.1 Å². The average molecular weight is 265 g/mol. The summed E-state index contributed by atoms with van der Waals surface area (Å²) in [5.74, 6) is 0.460. The van der Waals surface area contributed by atoms with Crippen molar-refractivity contribution in [3.8, 4) is 5.88 Å². The Bertz CT molecular complexity index is 603. The molecule has 0 fully saturated rings. The highest BCUT2D eigenvalue weighted by Crippen LogP contribution is 2.28. The van der Waals surface area contributed by atoms with Crippen molar-refractivity contribution in [2.75, 3.05) is 12.9 Å². The number of rotatable bonds is 4. The molecule has 0 saturated carbocycles. The number of benzene rings is 1. The van der Waals surface area contributed by atoms with Crippen LogP contribution in [0, 0.1) is 10.1 Å². The van der Waals surface area contributed by atoms with E-state index in [4.69, 9.17) is 4.74 Å². The maximum Gasteiger partial charge on any atom is 0.271 e. The molecular weight excluding hydrogens is 254 g/mol. The van der Waals surface area contributed by atoms with Crippen molar-refractivity contribution in [3.05, 3.63) is 28.3 Å². The SMILES string of the molecule is CCOc1nc(SC)nc2cc([N+](=O)[O-])ccc12. The molecule has 0 spiro atoms. The van der Waals surface area contributed by atoms with Crippen LogP contribution in [0.25, 0.3) is 10.9 Å². The van der Waals surface area contributed by atoms with Gasteiger partial charge in [0.1, 0.15) is 0 Å². The van der Waals surface area contributed by atoms with Gasteiger partial charge in [-0.3, -0.25) is 10.1 Å². The van der Waals surface area contributed by atoms with Crippen molar-refractivity contribution in [3.63, 3.8) is 0 Å². The van der Waals surface area contributed by atoms with Gasteiger partial charge < -0.3 is 4.74 Å². The van der Waals surface area contributed by atoms with Gasteiger partial charge in [-0.1, -0.05) is 11.8 Å². The van der Waals surface area contributed by atoms with Gasteiger partial charge in [-0.15, -0.1) is 0 Å². The first-order valence-corrected chi connectivity index (χ1v) is 6.51. The van der Waals surface area contributed by atoms with Gasteiger partial charge in [-0.05, 0) is 19.2 Å². The van der Waals surface area contributed by atoms with Crippen LogP contribution in [0.3, 0.4) is 0 Å². The Morgan fingerprint density at radius 2 is 2.22 bits per heavy atom. The van der Waals surface area contributed by atoms with E-state index < -0.39 is 4.92 Å². The summed E-state index contributed by atoms with van der Waals surface area (Å²) in [6.07, 6.45) is 1.84. The number of nitrogens with zero attached hydrogens (tertiary/aromatic N) is 3. The van der Waals surface area contributed by atoms with Crippen molar-refractivity contribution < 1.29 is 9.66 Å². The number of hydrogen-bond donors (Lipinski definition) is 0. The molecule has 0 saturated heterocycles. The fourth-order valence-corrected chi connectivity index (χ4v) is 1.88. The Morgan fingerprint density at radius 1 is 1.44 bits per heavy atom. The van der Waals surface area contributed by atoms with Crippen LogP contribution in [0.2, 0.25) is 0 Å². The lowest BCUT2D eigenvalue weighted by Crippen LogP contribution is -1.99. The second kappa shape index (κ2) is 5.18. The Kier molecular flexibility index (Phi) is 3.61. The van der Waals surface area contributed by atoms with Crippen LogP contribution < -0.4 is 4.74 Å². The molecule has 2 rings (SSSR count). The molecule has 0 N–H and O–H groups in total. The highest BCUT2D eigenvalue weighted by atomic mass is 32.2. The van der Waals surface area contributed by atoms with Crippen LogP contribution in [0.1, 0.15) is 6.92 Å². The van der Waals surface area contributed by atoms with E-state index in [1.54, 1.807) is 6.07 Å². The minimum absolute atomic E-state index is 0.00991. The molecule has 0 aliphatic carbocycles. The summed E-state index contributed by atoms with van der Waals surface area (Å²) < 4.78 is 5.43. The van der Waals surface area contributed by atoms with Gasteiger partial charge in [0.15, 0.2) is 5.16 Å². The van der Waals surface area contributed by atoms with E-state index >= 15 is 0 Å². The number of thioether (sulfide) groups is 1. The van der Waals surface area contributed by atoms with Crippen LogP contribution in [0.4, 0.5) is 5.69 Å². The molecule has 94 valence electrons. The normalized spacial score (nSPS) is 10.6. The molecule has 0 aliphatic heterocycles. The maximum atomic E-state index is 10.7. The molecule has 6 nitrogen and oxygen atoms in total. The van der Waals surface area contributed by atoms with Gasteiger partial charge in [-0.25, -0.2) is 4.98 Å². The first kappa shape index (κ1) is 12.6. The maximum absolute atomic E-state index is 10.7. The summed E-state index contributed by atoms with van der Waals surface area (Å²) in [6.45, 7) is 2.34. The molecule has 7 heteroatoms. The Hall–Kier alpha value is -1.89. The summed E-state index contributed by atoms with van der Waals surface area (Å²) in [4.78, 5) is 18.8. The Balaban J connectivity index is 2.65. The average Bonchev–Trinajstić information content (AvgIpc) is 2.38. The minimum atomic E-state index is -0.444. The van der Waals surface area contributed by atoms with Crippen LogP contribution >= 0.6 is 11.8 Å². The fourth-order valence-electron chi connectivity index (χ4n) is 1.52. The zero-order valence-electron chi connectivity index (χ0n) is 9.91. The lowest BCUT2D eigenvalue weighted by Gasteiger charge is -2.07. The van der Waals surface area contributed by atoms with Gasteiger partial charge >= 0.3 is 0 Å². The molecule has 0 bridgehead atoms. The molecule has 0 atom stereocenters. The second-order valence-corrected chi connectivity index (χ2v) is 4.18. The molecule has 0 unspecified atom stereocenters. The van der Waals surface area contributed by atoms with Crippen LogP contribution in [0.15, 0.2) is 23.4 Å². The van der Waals surface area contributed by atoms with Crippen molar-refractivity contribution in [1.29, 1.82) is 0 Å². The standard InChI is InChI=1S/C11H11N3O3S/c1-3-17-10-8-5-4-7(14(15)16)6-9(8)12-11(13-10)18-2/h4-6H,3H2,1-2H3. The van der Waals surface area contributed by atoms with Crippen molar-refractivity contribution in [2.45, 2.75) is 12.1 Å². The third kappa shape index (κ3) is 2.35. The van der Waals surface area contributed by atoms with Crippen LogP contribution in [-0.2, 0) is 0 Å². The third-order valence-corrected chi connectivity index (χ3v) is 2.85. The van der Waals surface area contributed by atoms with Gasteiger partial charge in [0, 0.05) is 12.1 Å². The van der Waals surface area contributed by atoms with Gasteiger partial charge in [-0.2, -0.15) is 4.98 Å². The molecule has 0 aliphatic rings. The summed E-state index contributed by atoms with van der Waals surface area (Å²) in [6, 6.07) is 4.47. The van der Waals surface area contributed by atoms with Crippen molar-refractivity contribution >= 4 is 28.4 Å². The highest BCUT2D eigenvalue weighted by molar-refractivity contribution is 7.98. The topological polar surface area (TPSA) is 78.2 Å². The predicted octanol–water partition coefficient (Wildman–Crippen LogP) is 2.66. The molecule has 1 heterocycles. The highest BCUT2D eigenvalue weighted by Gasteiger charge is 2.12. The molecule has 2 aromatic rings. The smallest absolute Gasteiger partial charge is 0.271 e. The number of nitro benzene ring substituents is 1. The van der Waals surface area contributed by atoms with Gasteiger partial charge in [0.2, 0.25) is 5.88 Å². The largest absolute Gasteiger partial charge is 0.477 e. The van der Waals surface area contributed by atoms with E-state index in [2.05, 4.69) is 9.97 Å². The first-order chi connectivity index (χ1) is 8.65. The number of nitro groups is 1. The fraction of sp³-hybridized carbons (Fsp3) is 0.273. The number of fused-ring (bicyclic) bond motifs is 1. The van der Waals surface area contributed by atoms with Crippen LogP contribution in [0.5, 0.6) is 5.88 Å². The number of hydrogen-bond acceptors (Lipinski definition) is 6. The zero-order chi connectivity index (χ0) is 13.1. The third-order valence-electron chi connectivity index (χ3n) is 2.30. The van der Waals surface area contributed by atoms with E-state index in [1.165, 1.54) is 23.9 Å². The number of aromatic nitrogens is 2. The van der Waals surface area contributed by atoms with E-state index in [1.807, 2.05) is 13.2 Å². The van der Waals surface area contributed by atoms with Crippen LogP contribution in [-0.4, -0.2) is 27.8 Å². The van der Waals surface area contributed by atoms with Gasteiger partial charge in [0.05, 0.1) is 22.4 Å².